The van der Waals surface area contributed by atoms with Gasteiger partial charge in [-0.15, -0.1) is 0 Å². The monoisotopic (exact) mass is 375 g/mol. The summed E-state index contributed by atoms with van der Waals surface area (Å²) in [4.78, 5) is 7.15. The van der Waals surface area contributed by atoms with Gasteiger partial charge >= 0.3 is 0 Å². The molecule has 0 spiro atoms. The van der Waals surface area contributed by atoms with Gasteiger partial charge in [-0.3, -0.25) is 0 Å². The van der Waals surface area contributed by atoms with Crippen molar-refractivity contribution < 1.29 is 13.7 Å². The third kappa shape index (κ3) is 2.61. The van der Waals surface area contributed by atoms with Crippen LogP contribution in [0.1, 0.15) is 25.3 Å². The van der Waals surface area contributed by atoms with Crippen molar-refractivity contribution in [3.05, 3.63) is 40.8 Å². The van der Waals surface area contributed by atoms with E-state index in [1.165, 1.54) is 7.11 Å². The van der Waals surface area contributed by atoms with E-state index in [0.717, 1.165) is 0 Å². The van der Waals surface area contributed by atoms with E-state index < -0.39 is 5.82 Å². The fourth-order valence-electron chi connectivity index (χ4n) is 3.11. The fourth-order valence-corrected chi connectivity index (χ4v) is 3.37. The first-order valence-electron chi connectivity index (χ1n) is 8.28. The lowest BCUT2D eigenvalue weighted by molar-refractivity contribution is 0.393. The number of aromatic nitrogens is 3. The van der Waals surface area contributed by atoms with Gasteiger partial charge in [0.25, 0.3) is 0 Å². The zero-order valence-electron chi connectivity index (χ0n) is 15.2. The van der Waals surface area contributed by atoms with Crippen LogP contribution in [-0.4, -0.2) is 22.2 Å². The number of benzene rings is 1. The molecule has 1 aromatic carbocycles. The Morgan fingerprint density at radius 1 is 1.23 bits per heavy atom. The minimum atomic E-state index is -0.439. The molecule has 3 heterocycles. The van der Waals surface area contributed by atoms with Crippen molar-refractivity contribution in [3.63, 3.8) is 0 Å². The number of H-pyrrole nitrogens is 1. The summed E-state index contributed by atoms with van der Waals surface area (Å²) < 4.78 is 26.0. The highest BCUT2D eigenvalue weighted by atomic mass is 35.5. The van der Waals surface area contributed by atoms with Gasteiger partial charge in [-0.1, -0.05) is 30.6 Å². The highest BCUT2D eigenvalue weighted by molar-refractivity contribution is 6.36. The maximum absolute atomic E-state index is 15.4. The summed E-state index contributed by atoms with van der Waals surface area (Å²) in [5.41, 5.74) is 2.56. The van der Waals surface area contributed by atoms with Gasteiger partial charge < -0.3 is 14.2 Å². The van der Waals surface area contributed by atoms with Gasteiger partial charge in [0.2, 0.25) is 0 Å². The number of nitrogens with one attached hydrogen (secondary N) is 1. The smallest absolute Gasteiger partial charge is 0.159 e. The van der Waals surface area contributed by atoms with Crippen molar-refractivity contribution in [2.24, 2.45) is 0 Å². The molecule has 1 N–H and O–H groups in total. The average Bonchev–Trinajstić information content (AvgIpc) is 3.18. The zero-order valence-corrected chi connectivity index (χ0v) is 16.0. The summed E-state index contributed by atoms with van der Waals surface area (Å²) in [5.74, 6) is 0.473. The van der Waals surface area contributed by atoms with E-state index in [2.05, 4.69) is 15.1 Å². The standard InChI is InChI=1S/C17H13ClFN3O2.C2H6/c1-7-12(8(2)24-22-7)14-11(23-3)6-9-13-10(4-5-20-17(13)18)21-16(9)15(14)19;1-2/h4-6,21H,1-3H3;1-2H3. The van der Waals surface area contributed by atoms with Gasteiger partial charge in [0.1, 0.15) is 16.7 Å². The van der Waals surface area contributed by atoms with Crippen LogP contribution in [0.2, 0.25) is 5.15 Å². The van der Waals surface area contributed by atoms with Crippen LogP contribution in [-0.2, 0) is 0 Å². The second-order valence-corrected chi connectivity index (χ2v) is 5.90. The number of ether oxygens (including phenoxy) is 1. The Hall–Kier alpha value is -2.60. The van der Waals surface area contributed by atoms with Gasteiger partial charge in [0, 0.05) is 17.0 Å². The van der Waals surface area contributed by atoms with Crippen molar-refractivity contribution in [1.29, 1.82) is 0 Å². The van der Waals surface area contributed by atoms with Crippen LogP contribution in [0.5, 0.6) is 5.75 Å². The number of aromatic amines is 1. The van der Waals surface area contributed by atoms with E-state index in [1.807, 2.05) is 13.8 Å². The summed E-state index contributed by atoms with van der Waals surface area (Å²) in [6.07, 6.45) is 1.57. The Bertz CT molecular complexity index is 1080. The molecule has 0 saturated carbocycles. The molecule has 0 radical (unpaired) electrons. The molecule has 26 heavy (non-hydrogen) atoms. The second-order valence-electron chi connectivity index (χ2n) is 5.54. The van der Waals surface area contributed by atoms with Crippen LogP contribution in [0, 0.1) is 19.7 Å². The van der Waals surface area contributed by atoms with E-state index in [1.54, 1.807) is 32.2 Å². The first-order chi connectivity index (χ1) is 12.5. The van der Waals surface area contributed by atoms with Crippen LogP contribution in [0.25, 0.3) is 32.9 Å². The fraction of sp³-hybridized carbons (Fsp3) is 0.263. The van der Waals surface area contributed by atoms with Crippen LogP contribution in [0.15, 0.2) is 22.9 Å². The Morgan fingerprint density at radius 2 is 1.96 bits per heavy atom. The number of rotatable bonds is 2. The molecular formula is C19H19ClFN3O2. The normalized spacial score (nSPS) is 10.9. The number of nitrogens with zero attached hydrogens (tertiary/aromatic N) is 2. The Morgan fingerprint density at radius 3 is 2.58 bits per heavy atom. The van der Waals surface area contributed by atoms with E-state index in [9.17, 15) is 0 Å². The van der Waals surface area contributed by atoms with Gasteiger partial charge in [0.15, 0.2) is 5.82 Å². The third-order valence-corrected chi connectivity index (χ3v) is 4.45. The highest BCUT2D eigenvalue weighted by Gasteiger charge is 2.24. The summed E-state index contributed by atoms with van der Waals surface area (Å²) >= 11 is 6.20. The molecule has 0 atom stereocenters. The van der Waals surface area contributed by atoms with E-state index >= 15 is 4.39 Å². The van der Waals surface area contributed by atoms with Crippen molar-refractivity contribution in [3.8, 4) is 16.9 Å². The van der Waals surface area contributed by atoms with Gasteiger partial charge in [0.05, 0.1) is 35.0 Å². The molecule has 0 aliphatic heterocycles. The quantitative estimate of drug-likeness (QED) is 0.448. The summed E-state index contributed by atoms with van der Waals surface area (Å²) in [6.45, 7) is 7.51. The number of hydrogen-bond donors (Lipinski definition) is 1. The topological polar surface area (TPSA) is 63.9 Å². The van der Waals surface area contributed by atoms with Crippen molar-refractivity contribution >= 4 is 33.4 Å². The summed E-state index contributed by atoms with van der Waals surface area (Å²) in [5, 5.41) is 5.50. The number of hydrogen-bond acceptors (Lipinski definition) is 4. The average molecular weight is 376 g/mol. The second kappa shape index (κ2) is 6.96. The van der Waals surface area contributed by atoms with Crippen molar-refractivity contribution in [2.75, 3.05) is 7.11 Å². The zero-order chi connectivity index (χ0) is 19.0. The predicted octanol–water partition coefficient (Wildman–Crippen LogP) is 5.82. The number of fused-ring (bicyclic) bond motifs is 3. The summed E-state index contributed by atoms with van der Waals surface area (Å²) in [6, 6.07) is 3.51. The Kier molecular flexibility index (Phi) is 4.87. The molecule has 0 unspecified atom stereocenters. The lowest BCUT2D eigenvalue weighted by Gasteiger charge is -2.10. The van der Waals surface area contributed by atoms with E-state index in [0.29, 0.717) is 55.3 Å². The van der Waals surface area contributed by atoms with Crippen LogP contribution in [0.3, 0.4) is 0 Å². The van der Waals surface area contributed by atoms with Crippen LogP contribution in [0.4, 0.5) is 4.39 Å². The molecule has 0 aliphatic carbocycles. The number of pyridine rings is 1. The minimum Gasteiger partial charge on any atom is -0.496 e. The van der Waals surface area contributed by atoms with E-state index in [4.69, 9.17) is 20.9 Å². The predicted molar refractivity (Wildman–Crippen MR) is 101 cm³/mol. The van der Waals surface area contributed by atoms with Crippen molar-refractivity contribution in [2.45, 2.75) is 27.7 Å². The molecule has 4 rings (SSSR count). The molecule has 7 heteroatoms. The number of aryl methyl sites for hydroxylation is 2. The molecular weight excluding hydrogens is 357 g/mol. The lowest BCUT2D eigenvalue weighted by Crippen LogP contribution is -1.95. The minimum absolute atomic E-state index is 0.310. The third-order valence-electron chi connectivity index (χ3n) is 4.17. The molecule has 3 aromatic heterocycles. The molecule has 0 aliphatic rings. The molecule has 4 aromatic rings. The molecule has 136 valence electrons. The maximum Gasteiger partial charge on any atom is 0.159 e. The number of halogens is 2. The van der Waals surface area contributed by atoms with Crippen molar-refractivity contribution in [1.82, 2.24) is 15.1 Å². The molecule has 0 saturated heterocycles. The maximum atomic E-state index is 15.4. The molecule has 0 bridgehead atoms. The van der Waals surface area contributed by atoms with Gasteiger partial charge in [-0.2, -0.15) is 0 Å². The highest BCUT2D eigenvalue weighted by Crippen LogP contribution is 2.42. The number of methoxy groups -OCH3 is 1. The van der Waals surface area contributed by atoms with Crippen LogP contribution >= 0.6 is 11.6 Å². The molecule has 0 fully saturated rings. The van der Waals surface area contributed by atoms with E-state index in [-0.39, 0.29) is 0 Å². The van der Waals surface area contributed by atoms with Crippen LogP contribution < -0.4 is 4.74 Å². The first kappa shape index (κ1) is 18.2. The largest absolute Gasteiger partial charge is 0.496 e. The summed E-state index contributed by atoms with van der Waals surface area (Å²) in [7, 11) is 1.50. The molecule has 5 nitrogen and oxygen atoms in total. The Balaban J connectivity index is 0.000000948. The lowest BCUT2D eigenvalue weighted by atomic mass is 10.00. The Labute approximate surface area is 155 Å². The van der Waals surface area contributed by atoms with Gasteiger partial charge in [-0.25, -0.2) is 9.37 Å². The van der Waals surface area contributed by atoms with Gasteiger partial charge in [-0.05, 0) is 26.0 Å². The first-order valence-corrected chi connectivity index (χ1v) is 8.66. The SMILES string of the molecule is CC.COc1cc2c([nH]c3ccnc(Cl)c32)c(F)c1-c1c(C)noc1C. The molecule has 0 amide bonds.